The molecule has 18 heavy (non-hydrogen) atoms. The molecule has 1 aliphatic rings. The van der Waals surface area contributed by atoms with Gasteiger partial charge in [0.15, 0.2) is 5.96 Å². The lowest BCUT2D eigenvalue weighted by atomic mass is 10.1. The van der Waals surface area contributed by atoms with Gasteiger partial charge in [0.2, 0.25) is 0 Å². The third kappa shape index (κ3) is 8.93. The number of rotatable bonds is 6. The van der Waals surface area contributed by atoms with Crippen molar-refractivity contribution in [2.45, 2.75) is 20.3 Å². The van der Waals surface area contributed by atoms with E-state index in [2.05, 4.69) is 29.1 Å². The molecule has 0 aromatic carbocycles. The van der Waals surface area contributed by atoms with Crippen molar-refractivity contribution in [1.82, 2.24) is 10.2 Å². The maximum atomic E-state index is 5.77. The summed E-state index contributed by atoms with van der Waals surface area (Å²) in [4.78, 5) is 6.66. The number of guanidine groups is 1. The van der Waals surface area contributed by atoms with Gasteiger partial charge in [0.1, 0.15) is 0 Å². The molecule has 0 aromatic rings. The first-order chi connectivity index (χ1) is 8.18. The summed E-state index contributed by atoms with van der Waals surface area (Å²) < 4.78 is 5.29. The number of ether oxygens (including phenoxy) is 1. The second kappa shape index (κ2) is 10.8. The van der Waals surface area contributed by atoms with E-state index in [1.54, 1.807) is 0 Å². The lowest BCUT2D eigenvalue weighted by Crippen LogP contribution is -2.43. The molecule has 1 aliphatic heterocycles. The number of hydrogen-bond donors (Lipinski definition) is 2. The summed E-state index contributed by atoms with van der Waals surface area (Å²) >= 11 is 0. The predicted molar refractivity (Wildman–Crippen MR) is 86.6 cm³/mol. The van der Waals surface area contributed by atoms with Crippen LogP contribution < -0.4 is 11.1 Å². The average Bonchev–Trinajstić information content (AvgIpc) is 2.30. The summed E-state index contributed by atoms with van der Waals surface area (Å²) in [6.07, 6.45) is 1.09. The molecule has 0 unspecified atom stereocenters. The zero-order valence-corrected chi connectivity index (χ0v) is 13.9. The van der Waals surface area contributed by atoms with E-state index in [9.17, 15) is 0 Å². The van der Waals surface area contributed by atoms with Gasteiger partial charge in [-0.3, -0.25) is 9.89 Å². The highest BCUT2D eigenvalue weighted by atomic mass is 127. The molecular weight excluding hydrogens is 343 g/mol. The summed E-state index contributed by atoms with van der Waals surface area (Å²) in [6.45, 7) is 10.8. The van der Waals surface area contributed by atoms with E-state index in [0.717, 1.165) is 52.4 Å². The maximum Gasteiger partial charge on any atom is 0.188 e. The first-order valence-corrected chi connectivity index (χ1v) is 6.52. The first-order valence-electron chi connectivity index (χ1n) is 6.52. The highest BCUT2D eigenvalue weighted by Gasteiger charge is 2.08. The molecule has 1 saturated heterocycles. The first kappa shape index (κ1) is 17.9. The Balaban J connectivity index is 0.00000289. The number of hydrogen-bond acceptors (Lipinski definition) is 3. The topological polar surface area (TPSA) is 62.9 Å². The highest BCUT2D eigenvalue weighted by molar-refractivity contribution is 14.0. The van der Waals surface area contributed by atoms with Crippen LogP contribution in [0.3, 0.4) is 0 Å². The van der Waals surface area contributed by atoms with Crippen LogP contribution in [0.15, 0.2) is 4.99 Å². The van der Waals surface area contributed by atoms with Crippen LogP contribution >= 0.6 is 24.0 Å². The second-order valence-corrected chi connectivity index (χ2v) is 4.83. The fraction of sp³-hybridized carbons (Fsp3) is 0.917. The quantitative estimate of drug-likeness (QED) is 0.414. The monoisotopic (exact) mass is 370 g/mol. The fourth-order valence-corrected chi connectivity index (χ4v) is 1.67. The van der Waals surface area contributed by atoms with Crippen molar-refractivity contribution < 1.29 is 4.74 Å². The maximum absolute atomic E-state index is 5.77. The molecule has 0 amide bonds. The lowest BCUT2D eigenvalue weighted by molar-refractivity contribution is 0.0389. The molecule has 1 heterocycles. The fourth-order valence-electron chi connectivity index (χ4n) is 1.67. The van der Waals surface area contributed by atoms with Crippen molar-refractivity contribution >= 4 is 29.9 Å². The van der Waals surface area contributed by atoms with Crippen molar-refractivity contribution in [2.75, 3.05) is 45.9 Å². The minimum atomic E-state index is 0. The van der Waals surface area contributed by atoms with Crippen molar-refractivity contribution in [3.8, 4) is 0 Å². The summed E-state index contributed by atoms with van der Waals surface area (Å²) in [5, 5.41) is 3.15. The Labute approximate surface area is 128 Å². The van der Waals surface area contributed by atoms with Crippen LogP contribution in [0.2, 0.25) is 0 Å². The lowest BCUT2D eigenvalue weighted by Gasteiger charge is -2.26. The summed E-state index contributed by atoms with van der Waals surface area (Å²) in [5.41, 5.74) is 5.77. The van der Waals surface area contributed by atoms with E-state index < -0.39 is 0 Å². The molecule has 0 bridgehead atoms. The van der Waals surface area contributed by atoms with Crippen LogP contribution in [0.4, 0.5) is 0 Å². The summed E-state index contributed by atoms with van der Waals surface area (Å²) in [5.74, 6) is 1.25. The Kier molecular flexibility index (Phi) is 10.8. The third-order valence-corrected chi connectivity index (χ3v) is 2.83. The Morgan fingerprint density at radius 3 is 2.67 bits per heavy atom. The minimum Gasteiger partial charge on any atom is -0.379 e. The molecule has 1 fully saturated rings. The van der Waals surface area contributed by atoms with Gasteiger partial charge in [0.05, 0.1) is 13.2 Å². The molecule has 5 nitrogen and oxygen atoms in total. The second-order valence-electron chi connectivity index (χ2n) is 4.83. The molecule has 0 aliphatic carbocycles. The molecule has 0 radical (unpaired) electrons. The van der Waals surface area contributed by atoms with Gasteiger partial charge in [-0.25, -0.2) is 0 Å². The van der Waals surface area contributed by atoms with Crippen molar-refractivity contribution in [1.29, 1.82) is 0 Å². The highest BCUT2D eigenvalue weighted by Crippen LogP contribution is 1.98. The van der Waals surface area contributed by atoms with Gasteiger partial charge in [0, 0.05) is 32.7 Å². The normalized spacial score (nSPS) is 17.6. The zero-order valence-electron chi connectivity index (χ0n) is 11.5. The SMILES string of the molecule is CC(C)CCN=C(N)NCCN1CCOCC1.I. The number of aliphatic imine (C=N–C) groups is 1. The average molecular weight is 370 g/mol. The van der Waals surface area contributed by atoms with Crippen LogP contribution in [0.25, 0.3) is 0 Å². The van der Waals surface area contributed by atoms with Crippen molar-refractivity contribution in [3.63, 3.8) is 0 Å². The largest absolute Gasteiger partial charge is 0.379 e. The predicted octanol–water partition coefficient (Wildman–Crippen LogP) is 0.887. The van der Waals surface area contributed by atoms with Crippen LogP contribution in [0, 0.1) is 5.92 Å². The van der Waals surface area contributed by atoms with Gasteiger partial charge in [-0.2, -0.15) is 0 Å². The van der Waals surface area contributed by atoms with Crippen LogP contribution in [-0.4, -0.2) is 56.8 Å². The van der Waals surface area contributed by atoms with Gasteiger partial charge in [-0.15, -0.1) is 24.0 Å². The van der Waals surface area contributed by atoms with Crippen molar-refractivity contribution in [2.24, 2.45) is 16.6 Å². The molecule has 0 aromatic heterocycles. The van der Waals surface area contributed by atoms with Gasteiger partial charge >= 0.3 is 0 Å². The Bertz CT molecular complexity index is 230. The molecule has 1 rings (SSSR count). The van der Waals surface area contributed by atoms with E-state index >= 15 is 0 Å². The van der Waals surface area contributed by atoms with Crippen LogP contribution in [0.5, 0.6) is 0 Å². The number of halogens is 1. The number of nitrogens with two attached hydrogens (primary N) is 1. The minimum absolute atomic E-state index is 0. The van der Waals surface area contributed by atoms with Gasteiger partial charge in [0.25, 0.3) is 0 Å². The van der Waals surface area contributed by atoms with E-state index in [-0.39, 0.29) is 24.0 Å². The molecular formula is C12H27IN4O. The van der Waals surface area contributed by atoms with Crippen LogP contribution in [0.1, 0.15) is 20.3 Å². The van der Waals surface area contributed by atoms with E-state index in [0.29, 0.717) is 11.9 Å². The van der Waals surface area contributed by atoms with E-state index in [1.807, 2.05) is 0 Å². The van der Waals surface area contributed by atoms with Gasteiger partial charge in [-0.05, 0) is 12.3 Å². The van der Waals surface area contributed by atoms with Gasteiger partial charge in [-0.1, -0.05) is 13.8 Å². The summed E-state index contributed by atoms with van der Waals surface area (Å²) in [6, 6.07) is 0. The molecule has 108 valence electrons. The number of morpholine rings is 1. The molecule has 3 N–H and O–H groups in total. The molecule has 0 saturated carbocycles. The third-order valence-electron chi connectivity index (χ3n) is 2.83. The van der Waals surface area contributed by atoms with Crippen LogP contribution in [-0.2, 0) is 4.74 Å². The Hall–Kier alpha value is -0.0800. The number of nitrogens with one attached hydrogen (secondary N) is 1. The van der Waals surface area contributed by atoms with Crippen molar-refractivity contribution in [3.05, 3.63) is 0 Å². The van der Waals surface area contributed by atoms with E-state index in [4.69, 9.17) is 10.5 Å². The zero-order chi connectivity index (χ0) is 12.5. The van der Waals surface area contributed by atoms with Gasteiger partial charge < -0.3 is 15.8 Å². The Morgan fingerprint density at radius 2 is 2.06 bits per heavy atom. The summed E-state index contributed by atoms with van der Waals surface area (Å²) in [7, 11) is 0. The molecule has 6 heteroatoms. The van der Waals surface area contributed by atoms with E-state index in [1.165, 1.54) is 0 Å². The standard InChI is InChI=1S/C12H26N4O.HI/c1-11(2)3-4-14-12(13)15-5-6-16-7-9-17-10-8-16;/h11H,3-10H2,1-2H3,(H3,13,14,15);1H. The number of nitrogens with zero attached hydrogens (tertiary/aromatic N) is 2. The Morgan fingerprint density at radius 1 is 1.39 bits per heavy atom. The molecule has 0 atom stereocenters. The molecule has 0 spiro atoms. The smallest absolute Gasteiger partial charge is 0.188 e.